The summed E-state index contributed by atoms with van der Waals surface area (Å²) in [5.74, 6) is 0.175. The summed E-state index contributed by atoms with van der Waals surface area (Å²) in [5, 5.41) is 3.31. The maximum atomic E-state index is 11.1. The number of carbonyl (C=O) groups excluding carboxylic acids is 1. The summed E-state index contributed by atoms with van der Waals surface area (Å²) in [7, 11) is 0. The maximum Gasteiger partial charge on any atom is 0.248 e. The van der Waals surface area contributed by atoms with Crippen LogP contribution in [0.1, 0.15) is 12.8 Å². The van der Waals surface area contributed by atoms with E-state index in [4.69, 9.17) is 5.73 Å². The van der Waals surface area contributed by atoms with E-state index >= 15 is 0 Å². The first kappa shape index (κ1) is 12.3. The van der Waals surface area contributed by atoms with E-state index in [0.29, 0.717) is 27.6 Å². The summed E-state index contributed by atoms with van der Waals surface area (Å²) >= 11 is 0.479. The number of piperidine rings is 1. The third-order valence-electron chi connectivity index (χ3n) is 3.38. The number of carbonyl (C=O) groups is 1. The minimum Gasteiger partial charge on any atom is -0.366 e. The van der Waals surface area contributed by atoms with Crippen LogP contribution in [0.5, 0.6) is 0 Å². The van der Waals surface area contributed by atoms with Crippen molar-refractivity contribution in [1.29, 1.82) is 0 Å². The van der Waals surface area contributed by atoms with E-state index in [1.54, 1.807) is 12.2 Å². The lowest BCUT2D eigenvalue weighted by Crippen LogP contribution is -2.34. The first-order chi connectivity index (χ1) is 8.22. The van der Waals surface area contributed by atoms with E-state index in [1.165, 1.54) is 0 Å². The van der Waals surface area contributed by atoms with E-state index < -0.39 is 5.91 Å². The number of primary amides is 1. The Morgan fingerprint density at radius 2 is 2.12 bits per heavy atom. The summed E-state index contributed by atoms with van der Waals surface area (Å²) < 4.78 is 11.1. The van der Waals surface area contributed by atoms with Crippen LogP contribution in [0, 0.1) is 11.8 Å². The van der Waals surface area contributed by atoms with Crippen molar-refractivity contribution in [2.75, 3.05) is 13.1 Å². The second-order valence-electron chi connectivity index (χ2n) is 4.42. The summed E-state index contributed by atoms with van der Waals surface area (Å²) in [4.78, 5) is 11.8. The molecule has 1 unspecified atom stereocenters. The fourth-order valence-corrected chi connectivity index (χ4v) is 2.98. The van der Waals surface area contributed by atoms with Crippen molar-refractivity contribution >= 4 is 22.0 Å². The second kappa shape index (κ2) is 5.42. The lowest BCUT2D eigenvalue weighted by Gasteiger charge is -2.29. The van der Waals surface area contributed by atoms with Gasteiger partial charge in [-0.15, -0.1) is 0 Å². The molecule has 0 aromatic heterocycles. The Kier molecular flexibility index (Phi) is 3.91. The number of nitrogens with two attached hydrogens (primary N) is 1. The van der Waals surface area contributed by atoms with E-state index in [0.717, 1.165) is 25.9 Å². The molecule has 1 aliphatic carbocycles. The maximum absolute atomic E-state index is 11.1. The lowest BCUT2D eigenvalue weighted by atomic mass is 9.80. The number of rotatable bonds is 2. The Hall–Kier alpha value is -1.20. The molecule has 92 valence electrons. The molecule has 5 heteroatoms. The number of hydrogen-bond donors (Lipinski definition) is 2. The zero-order valence-corrected chi connectivity index (χ0v) is 10.3. The second-order valence-corrected chi connectivity index (χ2v) is 5.06. The van der Waals surface area contributed by atoms with Crippen LogP contribution in [-0.4, -0.2) is 28.1 Å². The highest BCUT2D eigenvalue weighted by atomic mass is 32.1. The number of amides is 1. The van der Waals surface area contributed by atoms with Crippen LogP contribution in [0.15, 0.2) is 23.8 Å². The molecule has 0 aromatic rings. The van der Waals surface area contributed by atoms with Crippen LogP contribution in [0.2, 0.25) is 0 Å². The minimum absolute atomic E-state index is 0.155. The van der Waals surface area contributed by atoms with Gasteiger partial charge in [-0.1, -0.05) is 12.2 Å². The molecule has 0 spiro atoms. The minimum atomic E-state index is -0.475. The molecule has 2 rings (SSSR count). The normalized spacial score (nSPS) is 25.5. The van der Waals surface area contributed by atoms with Gasteiger partial charge in [0, 0.05) is 11.5 Å². The molecule has 0 radical (unpaired) electrons. The van der Waals surface area contributed by atoms with Crippen LogP contribution in [0.25, 0.3) is 0 Å². The molecule has 0 bridgehead atoms. The smallest absolute Gasteiger partial charge is 0.248 e. The monoisotopic (exact) mass is 252 g/mol. The van der Waals surface area contributed by atoms with Gasteiger partial charge in [-0.3, -0.25) is 4.79 Å². The quantitative estimate of drug-likeness (QED) is 0.678. The van der Waals surface area contributed by atoms with Crippen molar-refractivity contribution in [2.24, 2.45) is 17.6 Å². The topological polar surface area (TPSA) is 72.2 Å². The molecule has 3 N–H and O–H groups in total. The number of hydrogen-bond acceptors (Lipinski definition) is 3. The summed E-state index contributed by atoms with van der Waals surface area (Å²) in [5.41, 5.74) is 5.64. The molecular formula is C12H16N2O2S. The predicted octanol–water partition coefficient (Wildman–Crippen LogP) is -0.0309. The third kappa shape index (κ3) is 2.73. The van der Waals surface area contributed by atoms with Crippen molar-refractivity contribution in [3.63, 3.8) is 0 Å². The van der Waals surface area contributed by atoms with Crippen molar-refractivity contribution in [1.82, 2.24) is 5.32 Å². The zero-order valence-electron chi connectivity index (χ0n) is 9.52. The fraction of sp³-hybridized carbons (Fsp3) is 0.500. The average molecular weight is 252 g/mol. The molecule has 2 aliphatic rings. The van der Waals surface area contributed by atoms with E-state index in [1.807, 2.05) is 6.08 Å². The first-order valence-corrected chi connectivity index (χ1v) is 6.53. The SMILES string of the molecule is NC(=O)C1=CC(=S=O)C(C2CCNCC2)C=C1. The van der Waals surface area contributed by atoms with Crippen molar-refractivity contribution in [3.05, 3.63) is 23.8 Å². The van der Waals surface area contributed by atoms with Crippen LogP contribution < -0.4 is 11.1 Å². The van der Waals surface area contributed by atoms with E-state index in [-0.39, 0.29) is 5.92 Å². The predicted molar refractivity (Wildman–Crippen MR) is 68.7 cm³/mol. The Morgan fingerprint density at radius 3 is 2.71 bits per heavy atom. The molecule has 1 saturated heterocycles. The number of nitrogens with one attached hydrogen (secondary N) is 1. The Balaban J connectivity index is 2.19. The Bertz CT molecular complexity index is 430. The van der Waals surface area contributed by atoms with Gasteiger partial charge in [-0.2, -0.15) is 0 Å². The van der Waals surface area contributed by atoms with Gasteiger partial charge in [-0.05, 0) is 37.9 Å². The molecule has 1 aliphatic heterocycles. The molecule has 4 nitrogen and oxygen atoms in total. The fourth-order valence-electron chi connectivity index (χ4n) is 2.43. The summed E-state index contributed by atoms with van der Waals surface area (Å²) in [6.07, 6.45) is 7.48. The molecule has 0 saturated carbocycles. The van der Waals surface area contributed by atoms with Crippen LogP contribution in [0.4, 0.5) is 0 Å². The highest BCUT2D eigenvalue weighted by Crippen LogP contribution is 2.27. The van der Waals surface area contributed by atoms with Gasteiger partial charge in [0.15, 0.2) is 0 Å². The lowest BCUT2D eigenvalue weighted by molar-refractivity contribution is -0.114. The van der Waals surface area contributed by atoms with Gasteiger partial charge in [0.05, 0.1) is 16.1 Å². The van der Waals surface area contributed by atoms with E-state index in [9.17, 15) is 9.00 Å². The molecule has 1 fully saturated rings. The highest BCUT2D eigenvalue weighted by Gasteiger charge is 2.27. The van der Waals surface area contributed by atoms with E-state index in [2.05, 4.69) is 5.32 Å². The largest absolute Gasteiger partial charge is 0.366 e. The van der Waals surface area contributed by atoms with Crippen LogP contribution in [0.3, 0.4) is 0 Å². The van der Waals surface area contributed by atoms with Crippen molar-refractivity contribution in [2.45, 2.75) is 12.8 Å². The van der Waals surface area contributed by atoms with Crippen LogP contribution >= 0.6 is 0 Å². The van der Waals surface area contributed by atoms with Gasteiger partial charge in [0.25, 0.3) is 0 Å². The molecule has 1 amide bonds. The van der Waals surface area contributed by atoms with Crippen molar-refractivity contribution in [3.8, 4) is 0 Å². The first-order valence-electron chi connectivity index (χ1n) is 5.79. The van der Waals surface area contributed by atoms with Gasteiger partial charge >= 0.3 is 0 Å². The summed E-state index contributed by atoms with van der Waals surface area (Å²) in [6, 6.07) is 0. The average Bonchev–Trinajstić information content (AvgIpc) is 2.39. The molecule has 1 heterocycles. The Labute approximate surface area is 104 Å². The number of allylic oxidation sites excluding steroid dienone is 2. The van der Waals surface area contributed by atoms with Crippen molar-refractivity contribution < 1.29 is 9.00 Å². The molecule has 0 aromatic carbocycles. The van der Waals surface area contributed by atoms with Gasteiger partial charge < -0.3 is 11.1 Å². The zero-order chi connectivity index (χ0) is 12.3. The van der Waals surface area contributed by atoms with Gasteiger partial charge in [0.2, 0.25) is 5.91 Å². The standard InChI is InChI=1S/C12H16N2O2S/c13-12(15)9-1-2-10(11(7-9)17-16)8-3-5-14-6-4-8/h1-2,7-8,10,14H,3-6H2,(H2,13,15). The van der Waals surface area contributed by atoms with Gasteiger partial charge in [0.1, 0.15) is 0 Å². The van der Waals surface area contributed by atoms with Crippen LogP contribution in [-0.2, 0) is 16.1 Å². The van der Waals surface area contributed by atoms with Gasteiger partial charge in [-0.25, -0.2) is 4.21 Å². The molecule has 17 heavy (non-hydrogen) atoms. The molecule has 1 atom stereocenters. The molecular weight excluding hydrogens is 236 g/mol. The summed E-state index contributed by atoms with van der Waals surface area (Å²) in [6.45, 7) is 2.00. The third-order valence-corrected chi connectivity index (χ3v) is 3.96. The highest BCUT2D eigenvalue weighted by molar-refractivity contribution is 7.67. The Morgan fingerprint density at radius 1 is 1.41 bits per heavy atom.